The molecule has 0 aliphatic heterocycles. The van der Waals surface area contributed by atoms with Crippen LogP contribution in [0, 0.1) is 5.92 Å². The van der Waals surface area contributed by atoms with Crippen molar-refractivity contribution >= 4 is 34.7 Å². The molecule has 4 nitrogen and oxygen atoms in total. The molecule has 0 aromatic heterocycles. The Kier molecular flexibility index (Phi) is 3.46. The van der Waals surface area contributed by atoms with Gasteiger partial charge >= 0.3 is 0 Å². The molecule has 0 unspecified atom stereocenters. The lowest BCUT2D eigenvalue weighted by atomic mass is 9.86. The minimum absolute atomic E-state index is 0.0483. The number of Topliss-reactive ketones (excluding diaryl/α,β-unsaturated/α-hetero) is 2. The van der Waals surface area contributed by atoms with Crippen molar-refractivity contribution in [2.75, 3.05) is 0 Å². The Morgan fingerprint density at radius 2 is 1.86 bits per heavy atom. The van der Waals surface area contributed by atoms with Crippen molar-refractivity contribution < 1.29 is 14.4 Å². The van der Waals surface area contributed by atoms with Crippen LogP contribution in [0.4, 0.5) is 0 Å². The van der Waals surface area contributed by atoms with Gasteiger partial charge in [0, 0.05) is 19.8 Å². The van der Waals surface area contributed by atoms with Crippen LogP contribution in [-0.4, -0.2) is 22.5 Å². The molecular weight excluding hydrogens is 202 g/mol. The summed E-state index contributed by atoms with van der Waals surface area (Å²) in [5.41, 5.74) is 0. The van der Waals surface area contributed by atoms with Gasteiger partial charge in [-0.3, -0.25) is 14.4 Å². The molecule has 1 saturated carbocycles. The Morgan fingerprint density at radius 3 is 2.29 bits per heavy atom. The second-order valence-corrected chi connectivity index (χ2v) is 3.70. The largest absolute Gasteiger partial charge is 0.320 e. The Hall–Kier alpha value is -1.10. The predicted molar refractivity (Wildman–Crippen MR) is 53.8 cm³/mol. The first-order valence-electron chi connectivity index (χ1n) is 4.39. The second kappa shape index (κ2) is 4.41. The second-order valence-electron chi connectivity index (χ2n) is 3.26. The van der Waals surface area contributed by atoms with E-state index in [1.54, 1.807) is 0 Å². The van der Waals surface area contributed by atoms with Crippen LogP contribution < -0.4 is 5.32 Å². The molecular formula is C9H11NO3S. The van der Waals surface area contributed by atoms with E-state index in [2.05, 4.69) is 5.32 Å². The summed E-state index contributed by atoms with van der Waals surface area (Å²) in [6, 6.07) is 0. The summed E-state index contributed by atoms with van der Waals surface area (Å²) in [4.78, 5) is 33.5. The fourth-order valence-corrected chi connectivity index (χ4v) is 1.85. The van der Waals surface area contributed by atoms with Crippen LogP contribution in [0.3, 0.4) is 0 Å². The van der Waals surface area contributed by atoms with Crippen LogP contribution >= 0.6 is 12.2 Å². The Balaban J connectivity index is 2.73. The van der Waals surface area contributed by atoms with Crippen LogP contribution in [0.25, 0.3) is 0 Å². The van der Waals surface area contributed by atoms with Crippen LogP contribution in [0.2, 0.25) is 0 Å². The quantitative estimate of drug-likeness (QED) is 0.505. The molecule has 0 spiro atoms. The molecule has 0 aromatic rings. The average molecular weight is 213 g/mol. The molecule has 0 bridgehead atoms. The minimum atomic E-state index is -0.886. The highest BCUT2D eigenvalue weighted by Gasteiger charge is 2.33. The maximum Gasteiger partial charge on any atom is 0.221 e. The third kappa shape index (κ3) is 2.45. The first-order chi connectivity index (χ1) is 6.52. The molecule has 1 rings (SSSR count). The number of nitrogens with one attached hydrogen (secondary N) is 1. The monoisotopic (exact) mass is 213 g/mol. The molecule has 0 atom stereocenters. The first-order valence-corrected chi connectivity index (χ1v) is 4.80. The normalized spacial score (nSPS) is 18.1. The summed E-state index contributed by atoms with van der Waals surface area (Å²) in [6.45, 7) is 1.30. The number of hydrogen-bond donors (Lipinski definition) is 1. The Bertz CT molecular complexity index is 295. The van der Waals surface area contributed by atoms with Crippen molar-refractivity contribution in [3.05, 3.63) is 0 Å². The topological polar surface area (TPSA) is 63.2 Å². The standard InChI is InChI=1S/C9H11NO3S/c1-5(11)10-9(14)8-6(12)3-2-4-7(8)13/h8H,2-4H2,1H3,(H,10,11,14). The summed E-state index contributed by atoms with van der Waals surface area (Å²) < 4.78 is 0. The Labute approximate surface area is 87.0 Å². The molecule has 1 aliphatic carbocycles. The van der Waals surface area contributed by atoms with E-state index >= 15 is 0 Å². The van der Waals surface area contributed by atoms with E-state index in [1.165, 1.54) is 6.92 Å². The maximum absolute atomic E-state index is 11.4. The number of ketones is 2. The highest BCUT2D eigenvalue weighted by atomic mass is 32.1. The average Bonchev–Trinajstić information content (AvgIpc) is 2.01. The van der Waals surface area contributed by atoms with Gasteiger partial charge in [0.2, 0.25) is 5.91 Å². The highest BCUT2D eigenvalue weighted by molar-refractivity contribution is 7.80. The van der Waals surface area contributed by atoms with Crippen LogP contribution in [-0.2, 0) is 14.4 Å². The maximum atomic E-state index is 11.4. The van der Waals surface area contributed by atoms with E-state index in [4.69, 9.17) is 12.2 Å². The van der Waals surface area contributed by atoms with Crippen molar-refractivity contribution in [3.8, 4) is 0 Å². The molecule has 0 saturated heterocycles. The number of carbonyl (C=O) groups excluding carboxylic acids is 3. The van der Waals surface area contributed by atoms with Gasteiger partial charge in [0.25, 0.3) is 0 Å². The van der Waals surface area contributed by atoms with Crippen molar-refractivity contribution in [1.29, 1.82) is 0 Å². The molecule has 1 aliphatic rings. The predicted octanol–water partition coefficient (Wildman–Crippen LogP) is 0.388. The van der Waals surface area contributed by atoms with Crippen molar-refractivity contribution in [3.63, 3.8) is 0 Å². The van der Waals surface area contributed by atoms with Crippen LogP contribution in [0.15, 0.2) is 0 Å². The zero-order chi connectivity index (χ0) is 10.7. The number of amides is 1. The van der Waals surface area contributed by atoms with Gasteiger partial charge in [-0.1, -0.05) is 12.2 Å². The van der Waals surface area contributed by atoms with Crippen molar-refractivity contribution in [1.82, 2.24) is 5.32 Å². The molecule has 0 aromatic carbocycles. The van der Waals surface area contributed by atoms with Gasteiger partial charge in [0.15, 0.2) is 0 Å². The molecule has 1 fully saturated rings. The van der Waals surface area contributed by atoms with Gasteiger partial charge in [0.1, 0.15) is 22.5 Å². The third-order valence-electron chi connectivity index (χ3n) is 2.05. The zero-order valence-electron chi connectivity index (χ0n) is 7.83. The lowest BCUT2D eigenvalue weighted by molar-refractivity contribution is -0.132. The molecule has 5 heteroatoms. The van der Waals surface area contributed by atoms with E-state index in [0.29, 0.717) is 19.3 Å². The fraction of sp³-hybridized carbons (Fsp3) is 0.556. The van der Waals surface area contributed by atoms with Gasteiger partial charge in [0.05, 0.1) is 0 Å². The van der Waals surface area contributed by atoms with Gasteiger partial charge in [-0.15, -0.1) is 0 Å². The summed E-state index contributed by atoms with van der Waals surface area (Å²) in [6.07, 6.45) is 1.34. The van der Waals surface area contributed by atoms with Crippen molar-refractivity contribution in [2.24, 2.45) is 5.92 Å². The fourth-order valence-electron chi connectivity index (χ4n) is 1.44. The third-order valence-corrected chi connectivity index (χ3v) is 2.39. The lowest BCUT2D eigenvalue weighted by Gasteiger charge is -2.19. The molecule has 14 heavy (non-hydrogen) atoms. The molecule has 0 heterocycles. The van der Waals surface area contributed by atoms with Gasteiger partial charge in [-0.05, 0) is 6.42 Å². The molecule has 0 radical (unpaired) electrons. The SMILES string of the molecule is CC(=O)NC(=S)C1C(=O)CCCC1=O. The lowest BCUT2D eigenvalue weighted by Crippen LogP contribution is -2.42. The highest BCUT2D eigenvalue weighted by Crippen LogP contribution is 2.18. The minimum Gasteiger partial charge on any atom is -0.320 e. The molecule has 1 N–H and O–H groups in total. The van der Waals surface area contributed by atoms with Crippen LogP contribution in [0.5, 0.6) is 0 Å². The Morgan fingerprint density at radius 1 is 1.36 bits per heavy atom. The van der Waals surface area contributed by atoms with Crippen molar-refractivity contribution in [2.45, 2.75) is 26.2 Å². The van der Waals surface area contributed by atoms with Gasteiger partial charge in [-0.2, -0.15) is 0 Å². The van der Waals surface area contributed by atoms with Gasteiger partial charge < -0.3 is 5.32 Å². The van der Waals surface area contributed by atoms with Gasteiger partial charge in [-0.25, -0.2) is 0 Å². The number of hydrogen-bond acceptors (Lipinski definition) is 4. The van der Waals surface area contributed by atoms with E-state index in [0.717, 1.165) is 0 Å². The number of rotatable bonds is 1. The summed E-state index contributed by atoms with van der Waals surface area (Å²) >= 11 is 4.83. The van der Waals surface area contributed by atoms with E-state index in [9.17, 15) is 14.4 Å². The first kappa shape index (κ1) is 11.0. The van der Waals surface area contributed by atoms with E-state index < -0.39 is 5.92 Å². The van der Waals surface area contributed by atoms with E-state index in [1.807, 2.05) is 0 Å². The van der Waals surface area contributed by atoms with Crippen LogP contribution in [0.1, 0.15) is 26.2 Å². The smallest absolute Gasteiger partial charge is 0.221 e. The molecule has 1 amide bonds. The summed E-state index contributed by atoms with van der Waals surface area (Å²) in [7, 11) is 0. The summed E-state index contributed by atoms with van der Waals surface area (Å²) in [5.74, 6) is -1.59. The number of thiocarbonyl (C=S) groups is 1. The zero-order valence-corrected chi connectivity index (χ0v) is 8.65. The number of carbonyl (C=O) groups is 3. The molecule has 76 valence electrons. The summed E-state index contributed by atoms with van der Waals surface area (Å²) in [5, 5.41) is 2.32. The van der Waals surface area contributed by atoms with E-state index in [-0.39, 0.29) is 22.5 Å².